The van der Waals surface area contributed by atoms with E-state index in [0.29, 0.717) is 13.0 Å². The fourth-order valence-electron chi connectivity index (χ4n) is 3.33. The van der Waals surface area contributed by atoms with E-state index < -0.39 is 0 Å². The van der Waals surface area contributed by atoms with Crippen molar-refractivity contribution in [1.29, 1.82) is 0 Å². The first-order valence-corrected chi connectivity index (χ1v) is 7.88. The third-order valence-corrected chi connectivity index (χ3v) is 4.46. The van der Waals surface area contributed by atoms with Crippen molar-refractivity contribution in [3.8, 4) is 0 Å². The molecule has 0 bridgehead atoms. The van der Waals surface area contributed by atoms with Gasteiger partial charge in [0.25, 0.3) is 0 Å². The highest BCUT2D eigenvalue weighted by atomic mass is 16.3. The van der Waals surface area contributed by atoms with Crippen molar-refractivity contribution in [2.75, 3.05) is 6.54 Å². The van der Waals surface area contributed by atoms with Crippen LogP contribution in [0.5, 0.6) is 0 Å². The minimum absolute atomic E-state index is 0.152. The zero-order valence-electron chi connectivity index (χ0n) is 12.8. The van der Waals surface area contributed by atoms with E-state index in [1.807, 2.05) is 29.2 Å². The first kappa shape index (κ1) is 14.0. The zero-order chi connectivity index (χ0) is 15.6. The van der Waals surface area contributed by atoms with Crippen LogP contribution in [-0.4, -0.2) is 38.2 Å². The molecule has 1 amide bonds. The van der Waals surface area contributed by atoms with Crippen LogP contribution in [0.4, 0.5) is 0 Å². The van der Waals surface area contributed by atoms with Gasteiger partial charge in [-0.1, -0.05) is 18.2 Å². The summed E-state index contributed by atoms with van der Waals surface area (Å²) in [6.45, 7) is 1.52. The summed E-state index contributed by atoms with van der Waals surface area (Å²) in [4.78, 5) is 18.7. The summed E-state index contributed by atoms with van der Waals surface area (Å²) in [6.07, 6.45) is 7.36. The molecule has 3 aromatic rings. The molecule has 6 heteroatoms. The zero-order valence-corrected chi connectivity index (χ0v) is 12.8. The Bertz CT molecular complexity index is 809. The summed E-state index contributed by atoms with van der Waals surface area (Å²) in [7, 11) is 0. The Labute approximate surface area is 133 Å². The molecular formula is C17H18N4O2. The highest BCUT2D eigenvalue weighted by molar-refractivity contribution is 5.87. The van der Waals surface area contributed by atoms with Crippen LogP contribution in [-0.2, 0) is 17.8 Å². The largest absolute Gasteiger partial charge is 0.464 e. The minimum atomic E-state index is 0.152. The fraction of sp³-hybridized carbons (Fsp3) is 0.353. The maximum absolute atomic E-state index is 12.7. The van der Waals surface area contributed by atoms with Crippen LogP contribution in [0.1, 0.15) is 18.4 Å². The Balaban J connectivity index is 1.49. The molecule has 1 fully saturated rings. The second kappa shape index (κ2) is 5.87. The van der Waals surface area contributed by atoms with Crippen LogP contribution < -0.4 is 0 Å². The number of nitrogens with zero attached hydrogens (tertiary/aromatic N) is 4. The molecular weight excluding hydrogens is 292 g/mol. The molecule has 1 aliphatic rings. The van der Waals surface area contributed by atoms with E-state index in [4.69, 9.17) is 4.42 Å². The van der Waals surface area contributed by atoms with Gasteiger partial charge in [0.05, 0.1) is 25.3 Å². The van der Waals surface area contributed by atoms with Gasteiger partial charge in [-0.15, -0.1) is 0 Å². The molecule has 1 saturated heterocycles. The Hall–Kier alpha value is -2.63. The summed E-state index contributed by atoms with van der Waals surface area (Å²) < 4.78 is 7.33. The number of rotatable bonds is 4. The number of aromatic nitrogens is 3. The Kier molecular flexibility index (Phi) is 3.57. The second-order valence-corrected chi connectivity index (χ2v) is 5.93. The van der Waals surface area contributed by atoms with Crippen LogP contribution in [0.2, 0.25) is 0 Å². The van der Waals surface area contributed by atoms with Crippen molar-refractivity contribution in [2.24, 2.45) is 0 Å². The number of fused-ring (bicyclic) bond motifs is 1. The van der Waals surface area contributed by atoms with E-state index in [2.05, 4.69) is 10.1 Å². The molecule has 0 N–H and O–H groups in total. The van der Waals surface area contributed by atoms with Gasteiger partial charge in [-0.3, -0.25) is 9.48 Å². The number of carbonyl (C=O) groups excluding carboxylic acids is 1. The minimum Gasteiger partial charge on any atom is -0.464 e. The van der Waals surface area contributed by atoms with E-state index in [1.54, 1.807) is 17.3 Å². The molecule has 0 spiro atoms. The Morgan fingerprint density at radius 2 is 2.26 bits per heavy atom. The predicted molar refractivity (Wildman–Crippen MR) is 84.7 cm³/mol. The first-order valence-electron chi connectivity index (χ1n) is 7.88. The van der Waals surface area contributed by atoms with Crippen molar-refractivity contribution in [2.45, 2.75) is 31.8 Å². The molecule has 0 aliphatic carbocycles. The molecule has 6 nitrogen and oxygen atoms in total. The highest BCUT2D eigenvalue weighted by Gasteiger charge is 2.29. The molecule has 1 atom stereocenters. The lowest BCUT2D eigenvalue weighted by atomic mass is 10.1. The monoisotopic (exact) mass is 310 g/mol. The number of carbonyl (C=O) groups is 1. The molecule has 1 aliphatic heterocycles. The van der Waals surface area contributed by atoms with Gasteiger partial charge in [0.1, 0.15) is 18.2 Å². The van der Waals surface area contributed by atoms with Gasteiger partial charge >= 0.3 is 0 Å². The summed E-state index contributed by atoms with van der Waals surface area (Å²) in [5.74, 6) is 0.152. The van der Waals surface area contributed by atoms with Crippen molar-refractivity contribution >= 4 is 16.9 Å². The van der Waals surface area contributed by atoms with E-state index >= 15 is 0 Å². The Morgan fingerprint density at radius 1 is 1.35 bits per heavy atom. The maximum Gasteiger partial charge on any atom is 0.227 e. The van der Waals surface area contributed by atoms with Gasteiger partial charge in [0.15, 0.2) is 0 Å². The topological polar surface area (TPSA) is 64.2 Å². The number of amides is 1. The molecule has 118 valence electrons. The number of hydrogen-bond donors (Lipinski definition) is 0. The average Bonchev–Trinajstić information content (AvgIpc) is 3.29. The third-order valence-electron chi connectivity index (χ3n) is 4.46. The maximum atomic E-state index is 12.7. The first-order chi connectivity index (χ1) is 11.3. The molecule has 4 rings (SSSR count). The predicted octanol–water partition coefficient (Wildman–Crippen LogP) is 2.26. The standard InChI is InChI=1S/C17H18N4O2/c22-17(8-13-10-23-16-6-2-1-5-15(13)16)21-7-3-4-14(21)9-20-12-18-11-19-20/h1-2,5-6,10-12,14H,3-4,7-9H2. The van der Waals surface area contributed by atoms with E-state index in [1.165, 1.54) is 6.33 Å². The van der Waals surface area contributed by atoms with Crippen molar-refractivity contribution in [3.63, 3.8) is 0 Å². The summed E-state index contributed by atoms with van der Waals surface area (Å²) in [6, 6.07) is 8.02. The average molecular weight is 310 g/mol. The molecule has 3 heterocycles. The normalized spacial score (nSPS) is 17.9. The van der Waals surface area contributed by atoms with Crippen LogP contribution in [0.25, 0.3) is 11.0 Å². The number of para-hydroxylation sites is 1. The van der Waals surface area contributed by atoms with Crippen molar-refractivity contribution < 1.29 is 9.21 Å². The number of likely N-dealkylation sites (tertiary alicyclic amines) is 1. The molecule has 0 saturated carbocycles. The van der Waals surface area contributed by atoms with Crippen molar-refractivity contribution in [3.05, 3.63) is 48.7 Å². The summed E-state index contributed by atoms with van der Waals surface area (Å²) >= 11 is 0. The highest BCUT2D eigenvalue weighted by Crippen LogP contribution is 2.24. The molecule has 23 heavy (non-hydrogen) atoms. The molecule has 1 unspecified atom stereocenters. The molecule has 2 aromatic heterocycles. The van der Waals surface area contributed by atoms with Gasteiger partial charge in [0, 0.05) is 17.5 Å². The second-order valence-electron chi connectivity index (χ2n) is 5.93. The van der Waals surface area contributed by atoms with Crippen LogP contribution in [0.3, 0.4) is 0 Å². The lowest BCUT2D eigenvalue weighted by Crippen LogP contribution is -2.39. The van der Waals surface area contributed by atoms with Gasteiger partial charge in [-0.05, 0) is 18.9 Å². The SMILES string of the molecule is O=C(Cc1coc2ccccc12)N1CCCC1Cn1cncn1. The number of furan rings is 1. The summed E-state index contributed by atoms with van der Waals surface area (Å²) in [5.41, 5.74) is 1.79. The lowest BCUT2D eigenvalue weighted by molar-refractivity contribution is -0.131. The summed E-state index contributed by atoms with van der Waals surface area (Å²) in [5, 5.41) is 5.16. The molecule has 0 radical (unpaired) electrons. The molecule has 1 aromatic carbocycles. The van der Waals surface area contributed by atoms with Gasteiger partial charge in [-0.2, -0.15) is 5.10 Å². The third kappa shape index (κ3) is 2.72. The number of benzene rings is 1. The van der Waals surface area contributed by atoms with Crippen molar-refractivity contribution in [1.82, 2.24) is 19.7 Å². The van der Waals surface area contributed by atoms with E-state index in [9.17, 15) is 4.79 Å². The van der Waals surface area contributed by atoms with Crippen LogP contribution in [0, 0.1) is 0 Å². The van der Waals surface area contributed by atoms with Crippen LogP contribution >= 0.6 is 0 Å². The smallest absolute Gasteiger partial charge is 0.227 e. The van der Waals surface area contributed by atoms with Gasteiger partial charge < -0.3 is 9.32 Å². The number of hydrogen-bond acceptors (Lipinski definition) is 4. The Morgan fingerprint density at radius 3 is 3.13 bits per heavy atom. The van der Waals surface area contributed by atoms with Gasteiger partial charge in [0.2, 0.25) is 5.91 Å². The van der Waals surface area contributed by atoms with E-state index in [-0.39, 0.29) is 11.9 Å². The quantitative estimate of drug-likeness (QED) is 0.741. The van der Waals surface area contributed by atoms with Gasteiger partial charge in [-0.25, -0.2) is 4.98 Å². The lowest BCUT2D eigenvalue weighted by Gasteiger charge is -2.24. The fourth-order valence-corrected chi connectivity index (χ4v) is 3.33. The van der Waals surface area contributed by atoms with Crippen LogP contribution in [0.15, 0.2) is 47.6 Å². The van der Waals surface area contributed by atoms with E-state index in [0.717, 1.165) is 35.9 Å².